The van der Waals surface area contributed by atoms with Crippen molar-refractivity contribution in [3.05, 3.63) is 35.5 Å². The predicted molar refractivity (Wildman–Crippen MR) is 55.9 cm³/mol. The monoisotopic (exact) mass is 222 g/mol. The van der Waals surface area contributed by atoms with E-state index in [9.17, 15) is 4.79 Å². The maximum atomic E-state index is 10.7. The first-order valence-electron chi connectivity index (χ1n) is 3.87. The van der Waals surface area contributed by atoms with Crippen LogP contribution in [-0.2, 0) is 0 Å². The van der Waals surface area contributed by atoms with E-state index >= 15 is 0 Å². The average molecular weight is 222 g/mol. The van der Waals surface area contributed by atoms with Crippen LogP contribution >= 0.6 is 23.1 Å². The van der Waals surface area contributed by atoms with Crippen molar-refractivity contribution in [1.29, 1.82) is 0 Å². The lowest BCUT2D eigenvalue weighted by Crippen LogP contribution is -1.87. The first kappa shape index (κ1) is 9.36. The highest BCUT2D eigenvalue weighted by Crippen LogP contribution is 2.28. The van der Waals surface area contributed by atoms with E-state index < -0.39 is 0 Å². The number of carbonyl (C=O) groups is 1. The summed E-state index contributed by atoms with van der Waals surface area (Å²) >= 11 is 2.94. The van der Waals surface area contributed by atoms with Gasteiger partial charge in [-0.2, -0.15) is 0 Å². The van der Waals surface area contributed by atoms with Gasteiger partial charge in [0.1, 0.15) is 5.03 Å². The molecule has 0 amide bonds. The second kappa shape index (κ2) is 4.34. The number of rotatable bonds is 3. The number of nitrogens with zero attached hydrogens (tertiary/aromatic N) is 2. The molecule has 5 heteroatoms. The molecular formula is C9H6N2OS2. The maximum Gasteiger partial charge on any atom is 0.156 e. The number of thiazole rings is 1. The van der Waals surface area contributed by atoms with Crippen LogP contribution < -0.4 is 0 Å². The molecule has 2 heterocycles. The minimum absolute atomic E-state index is 0.604. The molecule has 0 spiro atoms. The van der Waals surface area contributed by atoms with E-state index in [1.807, 2.05) is 5.38 Å². The first-order chi connectivity index (χ1) is 6.90. The minimum Gasteiger partial charge on any atom is -0.298 e. The van der Waals surface area contributed by atoms with Gasteiger partial charge >= 0.3 is 0 Å². The van der Waals surface area contributed by atoms with Gasteiger partial charge in [0.2, 0.25) is 0 Å². The number of hydrogen-bond donors (Lipinski definition) is 0. The van der Waals surface area contributed by atoms with Crippen molar-refractivity contribution in [1.82, 2.24) is 9.97 Å². The van der Waals surface area contributed by atoms with E-state index in [0.717, 1.165) is 10.6 Å². The largest absolute Gasteiger partial charge is 0.298 e. The Morgan fingerprint density at radius 2 is 2.29 bits per heavy atom. The van der Waals surface area contributed by atoms with Crippen molar-refractivity contribution in [2.75, 3.05) is 0 Å². The van der Waals surface area contributed by atoms with Crippen LogP contribution in [0.4, 0.5) is 0 Å². The Morgan fingerprint density at radius 1 is 1.36 bits per heavy atom. The topological polar surface area (TPSA) is 42.9 Å². The third-order valence-electron chi connectivity index (χ3n) is 1.52. The summed E-state index contributed by atoms with van der Waals surface area (Å²) in [5.74, 6) is 0. The van der Waals surface area contributed by atoms with Crippen LogP contribution in [0.25, 0.3) is 0 Å². The van der Waals surface area contributed by atoms with Crippen LogP contribution in [0.1, 0.15) is 10.4 Å². The molecule has 0 aliphatic carbocycles. The van der Waals surface area contributed by atoms with Crippen molar-refractivity contribution >= 4 is 29.4 Å². The van der Waals surface area contributed by atoms with Gasteiger partial charge in [0.25, 0.3) is 0 Å². The highest BCUT2D eigenvalue weighted by atomic mass is 32.2. The summed E-state index contributed by atoms with van der Waals surface area (Å²) in [6, 6.07) is 3.49. The molecule has 14 heavy (non-hydrogen) atoms. The first-order valence-corrected chi connectivity index (χ1v) is 5.57. The molecular weight excluding hydrogens is 216 g/mol. The zero-order valence-corrected chi connectivity index (χ0v) is 8.72. The highest BCUT2D eigenvalue weighted by molar-refractivity contribution is 8.01. The van der Waals surface area contributed by atoms with E-state index in [4.69, 9.17) is 0 Å². The second-order valence-corrected chi connectivity index (χ2v) is 4.55. The van der Waals surface area contributed by atoms with Crippen molar-refractivity contribution in [3.63, 3.8) is 0 Å². The van der Waals surface area contributed by atoms with E-state index in [1.54, 1.807) is 24.5 Å². The van der Waals surface area contributed by atoms with E-state index in [-0.39, 0.29) is 0 Å². The van der Waals surface area contributed by atoms with Crippen LogP contribution in [0.15, 0.2) is 39.3 Å². The fourth-order valence-corrected chi connectivity index (χ4v) is 2.50. The third-order valence-corrected chi connectivity index (χ3v) is 3.44. The molecule has 0 saturated heterocycles. The lowest BCUT2D eigenvalue weighted by atomic mass is 10.3. The quantitative estimate of drug-likeness (QED) is 0.748. The van der Waals surface area contributed by atoms with Gasteiger partial charge in [-0.1, -0.05) is 0 Å². The number of aldehydes is 1. The smallest absolute Gasteiger partial charge is 0.156 e. The lowest BCUT2D eigenvalue weighted by molar-refractivity contribution is 0.112. The van der Waals surface area contributed by atoms with Crippen molar-refractivity contribution in [2.24, 2.45) is 0 Å². The molecule has 0 bridgehead atoms. The lowest BCUT2D eigenvalue weighted by Gasteiger charge is -1.98. The van der Waals surface area contributed by atoms with E-state index in [1.165, 1.54) is 23.1 Å². The van der Waals surface area contributed by atoms with Gasteiger partial charge in [0, 0.05) is 23.3 Å². The van der Waals surface area contributed by atoms with E-state index in [2.05, 4.69) is 9.97 Å². The molecule has 3 nitrogen and oxygen atoms in total. The highest BCUT2D eigenvalue weighted by Gasteiger charge is 2.05. The summed E-state index contributed by atoms with van der Waals surface area (Å²) in [4.78, 5) is 18.9. The SMILES string of the molecule is O=Cc1cccnc1Sc1nccs1. The summed E-state index contributed by atoms with van der Waals surface area (Å²) in [6.07, 6.45) is 4.21. The molecule has 0 aliphatic heterocycles. The van der Waals surface area contributed by atoms with Gasteiger partial charge in [-0.15, -0.1) is 11.3 Å². The van der Waals surface area contributed by atoms with Gasteiger partial charge in [-0.3, -0.25) is 4.79 Å². The van der Waals surface area contributed by atoms with Crippen molar-refractivity contribution < 1.29 is 4.79 Å². The molecule has 0 saturated carbocycles. The molecule has 2 rings (SSSR count). The molecule has 0 atom stereocenters. The summed E-state index contributed by atoms with van der Waals surface area (Å²) in [5.41, 5.74) is 0.604. The Bertz CT molecular complexity index is 428. The Morgan fingerprint density at radius 3 is 3.00 bits per heavy atom. The second-order valence-electron chi connectivity index (χ2n) is 2.42. The molecule has 0 radical (unpaired) electrons. The zero-order valence-electron chi connectivity index (χ0n) is 7.08. The summed E-state index contributed by atoms with van der Waals surface area (Å²) < 4.78 is 0.895. The summed E-state index contributed by atoms with van der Waals surface area (Å²) in [5, 5.41) is 2.60. The van der Waals surface area contributed by atoms with Crippen LogP contribution in [0.5, 0.6) is 0 Å². The number of pyridine rings is 1. The minimum atomic E-state index is 0.604. The molecule has 2 aromatic heterocycles. The molecule has 0 aromatic carbocycles. The Kier molecular flexibility index (Phi) is 2.90. The number of carbonyl (C=O) groups excluding carboxylic acids is 1. The Hall–Kier alpha value is -1.20. The van der Waals surface area contributed by atoms with Crippen molar-refractivity contribution in [3.8, 4) is 0 Å². The third kappa shape index (κ3) is 2.00. The van der Waals surface area contributed by atoms with Crippen LogP contribution in [0.3, 0.4) is 0 Å². The number of hydrogen-bond acceptors (Lipinski definition) is 5. The fraction of sp³-hybridized carbons (Fsp3) is 0. The van der Waals surface area contributed by atoms with Crippen LogP contribution in [-0.4, -0.2) is 16.3 Å². The average Bonchev–Trinajstić information content (AvgIpc) is 2.71. The Balaban J connectivity index is 2.28. The van der Waals surface area contributed by atoms with Gasteiger partial charge in [-0.05, 0) is 23.9 Å². The van der Waals surface area contributed by atoms with Crippen LogP contribution in [0.2, 0.25) is 0 Å². The zero-order chi connectivity index (χ0) is 9.80. The summed E-state index contributed by atoms with van der Waals surface area (Å²) in [7, 11) is 0. The van der Waals surface area contributed by atoms with Crippen LogP contribution in [0, 0.1) is 0 Å². The molecule has 0 fully saturated rings. The van der Waals surface area contributed by atoms with E-state index in [0.29, 0.717) is 10.6 Å². The number of aromatic nitrogens is 2. The van der Waals surface area contributed by atoms with Gasteiger partial charge in [0.05, 0.1) is 0 Å². The van der Waals surface area contributed by atoms with Gasteiger partial charge in [0.15, 0.2) is 10.6 Å². The Labute approximate surface area is 89.2 Å². The fourth-order valence-electron chi connectivity index (χ4n) is 0.922. The van der Waals surface area contributed by atoms with Gasteiger partial charge in [-0.25, -0.2) is 9.97 Å². The molecule has 0 aliphatic rings. The molecule has 0 N–H and O–H groups in total. The van der Waals surface area contributed by atoms with Crippen molar-refractivity contribution in [2.45, 2.75) is 9.37 Å². The van der Waals surface area contributed by atoms with Gasteiger partial charge < -0.3 is 0 Å². The predicted octanol–water partition coefficient (Wildman–Crippen LogP) is 2.50. The normalized spacial score (nSPS) is 10.0. The molecule has 70 valence electrons. The maximum absolute atomic E-state index is 10.7. The standard InChI is InChI=1S/C9H6N2OS2/c12-6-7-2-1-3-10-8(7)14-9-11-4-5-13-9/h1-6H. The molecule has 2 aromatic rings. The molecule has 0 unspecified atom stereocenters. The summed E-state index contributed by atoms with van der Waals surface area (Å²) in [6.45, 7) is 0.